The number of hydrogen-bond acceptors (Lipinski definition) is 4. The fourth-order valence-corrected chi connectivity index (χ4v) is 3.59. The summed E-state index contributed by atoms with van der Waals surface area (Å²) in [6.07, 6.45) is 4.01. The van der Waals surface area contributed by atoms with Gasteiger partial charge in [-0.05, 0) is 37.8 Å². The lowest BCUT2D eigenvalue weighted by Gasteiger charge is -2.16. The quantitative estimate of drug-likeness (QED) is 0.828. The van der Waals surface area contributed by atoms with E-state index in [4.69, 9.17) is 11.6 Å². The first-order chi connectivity index (χ1) is 11.5. The summed E-state index contributed by atoms with van der Waals surface area (Å²) in [4.78, 5) is 29.8. The van der Waals surface area contributed by atoms with Crippen LogP contribution in [-0.2, 0) is 4.79 Å². The maximum atomic E-state index is 12.2. The molecule has 2 aromatic rings. The fourth-order valence-electron chi connectivity index (χ4n) is 2.45. The summed E-state index contributed by atoms with van der Waals surface area (Å²) in [5.74, 6) is -0.136. The second-order valence-electron chi connectivity index (χ2n) is 5.85. The van der Waals surface area contributed by atoms with Crippen molar-refractivity contribution in [2.24, 2.45) is 5.92 Å². The monoisotopic (exact) mass is 363 g/mol. The van der Waals surface area contributed by atoms with E-state index in [1.807, 2.05) is 13.1 Å². The molecular formula is C17H18ClN3O2S. The van der Waals surface area contributed by atoms with Crippen molar-refractivity contribution in [3.8, 4) is 0 Å². The van der Waals surface area contributed by atoms with Crippen LogP contribution in [0.5, 0.6) is 0 Å². The zero-order chi connectivity index (χ0) is 17.1. The van der Waals surface area contributed by atoms with Crippen LogP contribution in [0.3, 0.4) is 0 Å². The summed E-state index contributed by atoms with van der Waals surface area (Å²) in [6.45, 7) is 1.91. The number of carbonyl (C=O) groups is 2. The van der Waals surface area contributed by atoms with E-state index in [0.717, 1.165) is 22.7 Å². The van der Waals surface area contributed by atoms with Gasteiger partial charge in [-0.1, -0.05) is 23.7 Å². The van der Waals surface area contributed by atoms with Gasteiger partial charge in [0.1, 0.15) is 5.01 Å². The average molecular weight is 364 g/mol. The number of aryl methyl sites for hydroxylation is 1. The summed E-state index contributed by atoms with van der Waals surface area (Å²) in [6, 6.07) is 6.69. The van der Waals surface area contributed by atoms with Crippen molar-refractivity contribution in [2.75, 3.05) is 6.54 Å². The standard InChI is InChI=1S/C17H18ClN3O2S/c1-10-8-20-17(24-10)15(11-6-7-11)21-14(22)9-19-16(23)12-4-2-3-5-13(12)18/h2-5,8,11,15H,6-7,9H2,1H3,(H,19,23)(H,21,22)/t15-/m1/s1. The van der Waals surface area contributed by atoms with Gasteiger partial charge in [0.2, 0.25) is 5.91 Å². The highest BCUT2D eigenvalue weighted by Crippen LogP contribution is 2.41. The van der Waals surface area contributed by atoms with E-state index < -0.39 is 0 Å². The lowest BCUT2D eigenvalue weighted by molar-refractivity contribution is -0.121. The normalized spacial score (nSPS) is 14.9. The third kappa shape index (κ3) is 4.13. The minimum absolute atomic E-state index is 0.0617. The first-order valence-electron chi connectivity index (χ1n) is 7.79. The second kappa shape index (κ2) is 7.32. The van der Waals surface area contributed by atoms with E-state index in [1.54, 1.807) is 35.6 Å². The topological polar surface area (TPSA) is 71.1 Å². The zero-order valence-corrected chi connectivity index (χ0v) is 14.8. The number of thiazole rings is 1. The molecule has 1 aromatic carbocycles. The van der Waals surface area contributed by atoms with Crippen LogP contribution in [0.15, 0.2) is 30.5 Å². The van der Waals surface area contributed by atoms with Crippen molar-refractivity contribution in [3.63, 3.8) is 0 Å². The van der Waals surface area contributed by atoms with Gasteiger partial charge in [0.25, 0.3) is 5.91 Å². The van der Waals surface area contributed by atoms with Gasteiger partial charge in [-0.25, -0.2) is 4.98 Å². The molecule has 0 unspecified atom stereocenters. The Morgan fingerprint density at radius 2 is 2.12 bits per heavy atom. The first kappa shape index (κ1) is 16.9. The van der Waals surface area contributed by atoms with Gasteiger partial charge in [-0.15, -0.1) is 11.3 Å². The molecule has 24 heavy (non-hydrogen) atoms. The van der Waals surface area contributed by atoms with Crippen LogP contribution in [0.1, 0.15) is 39.1 Å². The molecule has 1 fully saturated rings. The van der Waals surface area contributed by atoms with Gasteiger partial charge in [0, 0.05) is 11.1 Å². The summed E-state index contributed by atoms with van der Waals surface area (Å²) < 4.78 is 0. The molecule has 1 atom stereocenters. The van der Waals surface area contributed by atoms with Crippen molar-refractivity contribution in [3.05, 3.63) is 50.9 Å². The molecule has 2 amide bonds. The first-order valence-corrected chi connectivity index (χ1v) is 8.98. The highest BCUT2D eigenvalue weighted by atomic mass is 35.5. The van der Waals surface area contributed by atoms with Gasteiger partial charge in [-0.3, -0.25) is 9.59 Å². The smallest absolute Gasteiger partial charge is 0.253 e. The van der Waals surface area contributed by atoms with Crippen molar-refractivity contribution in [1.82, 2.24) is 15.6 Å². The van der Waals surface area contributed by atoms with E-state index in [0.29, 0.717) is 16.5 Å². The van der Waals surface area contributed by atoms with E-state index in [-0.39, 0.29) is 24.4 Å². The molecule has 126 valence electrons. The van der Waals surface area contributed by atoms with Crippen LogP contribution in [0, 0.1) is 12.8 Å². The molecule has 0 spiro atoms. The summed E-state index contributed by atoms with van der Waals surface area (Å²) >= 11 is 7.58. The lowest BCUT2D eigenvalue weighted by atomic mass is 10.2. The number of carbonyl (C=O) groups excluding carboxylic acids is 2. The van der Waals surface area contributed by atoms with E-state index in [1.165, 1.54) is 0 Å². The molecule has 5 nitrogen and oxygen atoms in total. The number of amides is 2. The van der Waals surface area contributed by atoms with Crippen molar-refractivity contribution in [1.29, 1.82) is 0 Å². The van der Waals surface area contributed by atoms with Crippen molar-refractivity contribution >= 4 is 34.8 Å². The molecule has 0 saturated heterocycles. The molecule has 3 rings (SSSR count). The SMILES string of the molecule is Cc1cnc([C@H](NC(=O)CNC(=O)c2ccccc2Cl)C2CC2)s1. The number of nitrogens with zero attached hydrogens (tertiary/aromatic N) is 1. The second-order valence-corrected chi connectivity index (χ2v) is 7.53. The molecule has 7 heteroatoms. The lowest BCUT2D eigenvalue weighted by Crippen LogP contribution is -2.39. The van der Waals surface area contributed by atoms with Crippen LogP contribution in [0.4, 0.5) is 0 Å². The maximum Gasteiger partial charge on any atom is 0.253 e. The Hall–Kier alpha value is -1.92. The van der Waals surface area contributed by atoms with Crippen LogP contribution in [0.2, 0.25) is 5.02 Å². The summed E-state index contributed by atoms with van der Waals surface area (Å²) in [7, 11) is 0. The third-order valence-electron chi connectivity index (χ3n) is 3.84. The van der Waals surface area contributed by atoms with Crippen LogP contribution < -0.4 is 10.6 Å². The van der Waals surface area contributed by atoms with Gasteiger partial charge >= 0.3 is 0 Å². The van der Waals surface area contributed by atoms with Gasteiger partial charge in [-0.2, -0.15) is 0 Å². The fraction of sp³-hybridized carbons (Fsp3) is 0.353. The van der Waals surface area contributed by atoms with Gasteiger partial charge in [0.15, 0.2) is 0 Å². The highest BCUT2D eigenvalue weighted by Gasteiger charge is 2.35. The predicted molar refractivity (Wildman–Crippen MR) is 94.2 cm³/mol. The number of hydrogen-bond donors (Lipinski definition) is 2. The van der Waals surface area contributed by atoms with Crippen molar-refractivity contribution < 1.29 is 9.59 Å². The van der Waals surface area contributed by atoms with Crippen LogP contribution >= 0.6 is 22.9 Å². The highest BCUT2D eigenvalue weighted by molar-refractivity contribution is 7.11. The van der Waals surface area contributed by atoms with Gasteiger partial charge < -0.3 is 10.6 Å². The average Bonchev–Trinajstić information content (AvgIpc) is 3.32. The van der Waals surface area contributed by atoms with Gasteiger partial charge in [0.05, 0.1) is 23.2 Å². The molecule has 2 N–H and O–H groups in total. The van der Waals surface area contributed by atoms with Crippen LogP contribution in [0.25, 0.3) is 0 Å². The zero-order valence-electron chi connectivity index (χ0n) is 13.2. The Morgan fingerprint density at radius 1 is 1.38 bits per heavy atom. The van der Waals surface area contributed by atoms with Crippen LogP contribution in [-0.4, -0.2) is 23.3 Å². The maximum absolute atomic E-state index is 12.2. The Bertz CT molecular complexity index is 758. The van der Waals surface area contributed by atoms with E-state index >= 15 is 0 Å². The molecule has 0 bridgehead atoms. The van der Waals surface area contributed by atoms with E-state index in [9.17, 15) is 9.59 Å². The van der Waals surface area contributed by atoms with Crippen molar-refractivity contribution in [2.45, 2.75) is 25.8 Å². The molecule has 1 heterocycles. The minimum atomic E-state index is -0.358. The van der Waals surface area contributed by atoms with E-state index in [2.05, 4.69) is 15.6 Å². The third-order valence-corrected chi connectivity index (χ3v) is 5.17. The molecule has 1 saturated carbocycles. The predicted octanol–water partition coefficient (Wildman–Crippen LogP) is 3.10. The molecule has 0 radical (unpaired) electrons. The molecular weight excluding hydrogens is 346 g/mol. The Morgan fingerprint density at radius 3 is 2.75 bits per heavy atom. The molecule has 1 aromatic heterocycles. The molecule has 1 aliphatic carbocycles. The Balaban J connectivity index is 1.57. The molecule has 0 aliphatic heterocycles. The Labute approximate surface area is 149 Å². The summed E-state index contributed by atoms with van der Waals surface area (Å²) in [5.41, 5.74) is 0.362. The largest absolute Gasteiger partial charge is 0.345 e. The number of rotatable bonds is 6. The molecule has 1 aliphatic rings. The number of nitrogens with one attached hydrogen (secondary N) is 2. The minimum Gasteiger partial charge on any atom is -0.345 e. The number of halogens is 1. The number of aromatic nitrogens is 1. The summed E-state index contributed by atoms with van der Waals surface area (Å²) in [5, 5.41) is 6.90. The Kier molecular flexibility index (Phi) is 5.16. The number of benzene rings is 1.